The summed E-state index contributed by atoms with van der Waals surface area (Å²) in [5.74, 6) is -0.862. The van der Waals surface area contributed by atoms with Crippen molar-refractivity contribution in [1.82, 2.24) is 9.80 Å². The number of β-amino-alcohol motifs (C(OH)–C–C–N with tert-alkyl or cyclic N) is 1. The van der Waals surface area contributed by atoms with Gasteiger partial charge in [-0.1, -0.05) is 12.7 Å². The molecule has 12 heteroatoms. The number of aliphatic hydroxyl groups excluding tert-OH is 1. The summed E-state index contributed by atoms with van der Waals surface area (Å²) in [6.45, 7) is 14.7. The summed E-state index contributed by atoms with van der Waals surface area (Å²) in [6, 6.07) is -1.23. The van der Waals surface area contributed by atoms with E-state index >= 15 is 0 Å². The van der Waals surface area contributed by atoms with Crippen molar-refractivity contribution in [2.75, 3.05) is 19.7 Å². The molecule has 35 heavy (non-hydrogen) atoms. The Balaban J connectivity index is 0.000000658. The Hall–Kier alpha value is -1.82. The average molecular weight is 509 g/mol. The number of rotatable bonds is 3. The number of amides is 2. The molecule has 3 saturated heterocycles. The van der Waals surface area contributed by atoms with Gasteiger partial charge >= 0.3 is 53.7 Å². The molecule has 0 aromatic rings. The van der Waals surface area contributed by atoms with Crippen LogP contribution in [0.25, 0.3) is 0 Å². The first kappa shape index (κ1) is 31.2. The molecule has 11 nitrogen and oxygen atoms in total. The third-order valence-corrected chi connectivity index (χ3v) is 4.97. The first-order valence-electron chi connectivity index (χ1n) is 11.3. The van der Waals surface area contributed by atoms with Crippen molar-refractivity contribution in [3.8, 4) is 0 Å². The number of likely N-dealkylation sites (tertiary alicyclic amines) is 2. The molecule has 3 rings (SSSR count). The Morgan fingerprint density at radius 3 is 2.06 bits per heavy atom. The number of ether oxygens (including phenoxy) is 4. The van der Waals surface area contributed by atoms with Gasteiger partial charge in [0.1, 0.15) is 36.0 Å². The van der Waals surface area contributed by atoms with Gasteiger partial charge in [0, 0.05) is 12.8 Å². The van der Waals surface area contributed by atoms with Crippen molar-refractivity contribution < 1.29 is 74.2 Å². The maximum atomic E-state index is 12.0. The van der Waals surface area contributed by atoms with Gasteiger partial charge in [-0.15, -0.1) is 0 Å². The SMILES string of the molecule is C=CCOC(=O)C1C[C@H](O)CN1C(=O)OC(C)(C)C.CC(C)(C)OC(=O)N1CC2CC1C(=O)O2.[H-].[Na+]. The molecule has 3 heterocycles. The van der Waals surface area contributed by atoms with Gasteiger partial charge in [-0.05, 0) is 41.5 Å². The number of fused-ring (bicyclic) bond motifs is 2. The van der Waals surface area contributed by atoms with Crippen LogP contribution in [-0.4, -0.2) is 94.2 Å². The fourth-order valence-corrected chi connectivity index (χ4v) is 3.67. The molecule has 1 N–H and O–H groups in total. The van der Waals surface area contributed by atoms with E-state index in [1.807, 2.05) is 0 Å². The molecule has 2 bridgehead atoms. The Morgan fingerprint density at radius 1 is 1.06 bits per heavy atom. The number of carbonyl (C=O) groups is 4. The van der Waals surface area contributed by atoms with Gasteiger partial charge < -0.3 is 25.5 Å². The molecule has 3 fully saturated rings. The smallest absolute Gasteiger partial charge is 1.00 e. The van der Waals surface area contributed by atoms with Crippen LogP contribution < -0.4 is 29.6 Å². The molecule has 3 aliphatic heterocycles. The van der Waals surface area contributed by atoms with Crippen molar-refractivity contribution in [2.24, 2.45) is 0 Å². The largest absolute Gasteiger partial charge is 1.00 e. The van der Waals surface area contributed by atoms with Gasteiger partial charge in [-0.25, -0.2) is 19.2 Å². The maximum absolute atomic E-state index is 12.0. The molecule has 0 aromatic carbocycles. The summed E-state index contributed by atoms with van der Waals surface area (Å²) in [5.41, 5.74) is -1.18. The number of carbonyl (C=O) groups excluding carboxylic acids is 4. The molecular formula is C23H37N2NaO9. The summed E-state index contributed by atoms with van der Waals surface area (Å²) in [6.07, 6.45) is 0.300. The molecule has 3 aliphatic rings. The summed E-state index contributed by atoms with van der Waals surface area (Å²) >= 11 is 0. The van der Waals surface area contributed by atoms with E-state index in [0.29, 0.717) is 13.0 Å². The van der Waals surface area contributed by atoms with Gasteiger partial charge in [0.25, 0.3) is 0 Å². The van der Waals surface area contributed by atoms with Crippen LogP contribution in [0.2, 0.25) is 0 Å². The van der Waals surface area contributed by atoms with E-state index in [0.717, 1.165) is 0 Å². The summed E-state index contributed by atoms with van der Waals surface area (Å²) in [7, 11) is 0. The molecule has 0 radical (unpaired) electrons. The predicted octanol–water partition coefficient (Wildman–Crippen LogP) is -0.876. The van der Waals surface area contributed by atoms with E-state index in [1.54, 1.807) is 41.5 Å². The van der Waals surface area contributed by atoms with Crippen LogP contribution >= 0.6 is 0 Å². The Morgan fingerprint density at radius 2 is 1.60 bits per heavy atom. The quantitative estimate of drug-likeness (QED) is 0.223. The zero-order chi connectivity index (χ0) is 25.8. The summed E-state index contributed by atoms with van der Waals surface area (Å²) < 4.78 is 20.3. The fraction of sp³-hybridized carbons (Fsp3) is 0.739. The molecule has 2 amide bonds. The Labute approximate surface area is 229 Å². The van der Waals surface area contributed by atoms with Crippen LogP contribution in [0, 0.1) is 0 Å². The van der Waals surface area contributed by atoms with Gasteiger partial charge in [0.15, 0.2) is 0 Å². The molecule has 3 unspecified atom stereocenters. The fourth-order valence-electron chi connectivity index (χ4n) is 3.67. The average Bonchev–Trinajstić information content (AvgIpc) is 3.37. The van der Waals surface area contributed by atoms with Crippen LogP contribution in [0.5, 0.6) is 0 Å². The van der Waals surface area contributed by atoms with Crippen molar-refractivity contribution in [3.05, 3.63) is 12.7 Å². The van der Waals surface area contributed by atoms with Gasteiger partial charge in [0.05, 0.1) is 19.2 Å². The van der Waals surface area contributed by atoms with E-state index < -0.39 is 47.5 Å². The van der Waals surface area contributed by atoms with Gasteiger partial charge in [-0.2, -0.15) is 0 Å². The van der Waals surface area contributed by atoms with Crippen molar-refractivity contribution in [2.45, 2.75) is 89.9 Å². The molecule has 0 spiro atoms. The van der Waals surface area contributed by atoms with Crippen LogP contribution in [0.4, 0.5) is 9.59 Å². The molecule has 4 atom stereocenters. The maximum Gasteiger partial charge on any atom is 1.00 e. The van der Waals surface area contributed by atoms with Crippen molar-refractivity contribution >= 4 is 24.1 Å². The first-order valence-corrected chi connectivity index (χ1v) is 11.3. The molecular weight excluding hydrogens is 471 g/mol. The summed E-state index contributed by atoms with van der Waals surface area (Å²) in [4.78, 5) is 49.4. The molecule has 0 aliphatic carbocycles. The standard InChI is InChI=1S/C13H21NO5.C10H15NO4.Na.H/c1-5-6-18-11(16)10-7-9(15)8-14(10)12(17)19-13(2,3)4;1-10(2,3)15-9(13)11-5-6-4-7(11)8(12)14-6;;/h5,9-10,15H,1,6-8H2,2-4H3;6-7H,4-5H2,1-3H3;;/q;;+1;-1/t9-,10?;;;/m0.../s1. The minimum absolute atomic E-state index is 0. The van der Waals surface area contributed by atoms with Crippen LogP contribution in [-0.2, 0) is 28.5 Å². The number of nitrogens with zero attached hydrogens (tertiary/aromatic N) is 2. The second kappa shape index (κ2) is 12.4. The molecule has 194 valence electrons. The monoisotopic (exact) mass is 508 g/mol. The normalized spacial score (nSPS) is 25.1. The third kappa shape index (κ3) is 9.29. The van der Waals surface area contributed by atoms with E-state index in [9.17, 15) is 24.3 Å². The number of morpholine rings is 1. The van der Waals surface area contributed by atoms with Crippen molar-refractivity contribution in [1.29, 1.82) is 0 Å². The van der Waals surface area contributed by atoms with Crippen LogP contribution in [0.15, 0.2) is 12.7 Å². The van der Waals surface area contributed by atoms with E-state index in [-0.39, 0.29) is 62.6 Å². The van der Waals surface area contributed by atoms with Crippen molar-refractivity contribution in [3.63, 3.8) is 0 Å². The second-order valence-electron chi connectivity index (χ2n) is 10.4. The van der Waals surface area contributed by atoms with E-state index in [1.165, 1.54) is 15.9 Å². The minimum Gasteiger partial charge on any atom is -1.00 e. The Kier molecular flexibility index (Phi) is 11.1. The van der Waals surface area contributed by atoms with E-state index in [4.69, 9.17) is 18.9 Å². The second-order valence-corrected chi connectivity index (χ2v) is 10.4. The zero-order valence-electron chi connectivity index (χ0n) is 22.7. The number of hydrogen-bond donors (Lipinski definition) is 1. The first-order chi connectivity index (χ1) is 15.6. The minimum atomic E-state index is -0.801. The molecule has 0 aromatic heterocycles. The number of esters is 2. The van der Waals surface area contributed by atoms with Gasteiger partial charge in [0.2, 0.25) is 0 Å². The Bertz CT molecular complexity index is 812. The predicted molar refractivity (Wildman–Crippen MR) is 121 cm³/mol. The molecule has 0 saturated carbocycles. The van der Waals surface area contributed by atoms with Crippen LogP contribution in [0.3, 0.4) is 0 Å². The van der Waals surface area contributed by atoms with Gasteiger partial charge in [-0.3, -0.25) is 9.80 Å². The summed E-state index contributed by atoms with van der Waals surface area (Å²) in [5, 5.41) is 9.61. The topological polar surface area (TPSA) is 132 Å². The number of aliphatic hydroxyl groups is 1. The van der Waals surface area contributed by atoms with Crippen LogP contribution in [0.1, 0.15) is 55.8 Å². The number of hydrogen-bond acceptors (Lipinski definition) is 9. The van der Waals surface area contributed by atoms with E-state index in [2.05, 4.69) is 6.58 Å². The third-order valence-electron chi connectivity index (χ3n) is 4.97. The zero-order valence-corrected chi connectivity index (χ0v) is 23.7.